The molecule has 0 spiro atoms. The molecule has 1 saturated carbocycles. The van der Waals surface area contributed by atoms with Gasteiger partial charge in [0.05, 0.1) is 35.4 Å². The highest BCUT2D eigenvalue weighted by Gasteiger charge is 2.37. The lowest BCUT2D eigenvalue weighted by Crippen LogP contribution is -2.44. The molecule has 2 aliphatic rings. The van der Waals surface area contributed by atoms with E-state index in [-0.39, 0.29) is 19.2 Å². The first-order chi connectivity index (χ1) is 17.9. The van der Waals surface area contributed by atoms with E-state index in [4.69, 9.17) is 37.2 Å². The summed E-state index contributed by atoms with van der Waals surface area (Å²) < 4.78 is 32.3. The Morgan fingerprint density at radius 2 is 1.81 bits per heavy atom. The quantitative estimate of drug-likeness (QED) is 0.264. The van der Waals surface area contributed by atoms with Crippen molar-refractivity contribution in [2.45, 2.75) is 50.8 Å². The number of benzene rings is 2. The van der Waals surface area contributed by atoms with E-state index in [1.54, 1.807) is 37.3 Å². The molecule has 0 radical (unpaired) electrons. The third kappa shape index (κ3) is 5.79. The van der Waals surface area contributed by atoms with Crippen molar-refractivity contribution >= 4 is 34.9 Å². The number of alkyl halides is 1. The van der Waals surface area contributed by atoms with E-state index in [9.17, 15) is 4.79 Å². The molecule has 0 bridgehead atoms. The molecule has 0 amide bonds. The van der Waals surface area contributed by atoms with Crippen molar-refractivity contribution in [2.75, 3.05) is 31.2 Å². The van der Waals surface area contributed by atoms with Crippen LogP contribution in [0.5, 0.6) is 0 Å². The summed E-state index contributed by atoms with van der Waals surface area (Å²) in [5.74, 6) is 0.740. The summed E-state index contributed by atoms with van der Waals surface area (Å²) in [6, 6.07) is 12.5. The zero-order chi connectivity index (χ0) is 26.0. The molecular formula is C28H29Cl2FN2O4. The lowest BCUT2D eigenvalue weighted by Gasteiger charge is -2.37. The molecule has 1 aliphatic carbocycles. The number of anilines is 1. The molecule has 6 nitrogen and oxygen atoms in total. The smallest absolute Gasteiger partial charge is 0.338 e. The van der Waals surface area contributed by atoms with Gasteiger partial charge in [0, 0.05) is 48.7 Å². The third-order valence-electron chi connectivity index (χ3n) is 6.98. The number of ether oxygens (including phenoxy) is 2. The predicted molar refractivity (Wildman–Crippen MR) is 141 cm³/mol. The number of esters is 1. The second-order valence-corrected chi connectivity index (χ2v) is 10.5. The van der Waals surface area contributed by atoms with E-state index in [1.807, 2.05) is 12.1 Å². The Hall–Kier alpha value is -2.61. The lowest BCUT2D eigenvalue weighted by atomic mass is 9.93. The summed E-state index contributed by atoms with van der Waals surface area (Å²) in [7, 11) is 0. The van der Waals surface area contributed by atoms with Crippen LogP contribution in [0.1, 0.15) is 60.2 Å². The maximum atomic E-state index is 15.7. The predicted octanol–water partition coefficient (Wildman–Crippen LogP) is 7.23. The number of aromatic nitrogens is 1. The maximum Gasteiger partial charge on any atom is 0.338 e. The number of carbonyl (C=O) groups excluding carboxylic acids is 1. The monoisotopic (exact) mass is 546 g/mol. The van der Waals surface area contributed by atoms with Crippen molar-refractivity contribution in [1.29, 1.82) is 0 Å². The Balaban J connectivity index is 1.21. The molecular weight excluding hydrogens is 518 g/mol. The van der Waals surface area contributed by atoms with E-state index in [2.05, 4.69) is 10.1 Å². The SMILES string of the molecule is CCOC(=O)c1ccc(N2CCC(F)(COCc3c(-c4c(Cl)cccc4Cl)noc3C3CC3)CC2)cc1. The minimum atomic E-state index is -1.43. The van der Waals surface area contributed by atoms with E-state index in [0.29, 0.717) is 65.3 Å². The standard InChI is InChI=1S/C28H29Cl2FN2O4/c1-2-36-27(34)19-8-10-20(11-9-19)33-14-12-28(31,13-15-33)17-35-16-21-25(32-37-26(21)18-6-7-18)24-22(29)4-3-5-23(24)30/h3-5,8-11,18H,2,6-7,12-17H2,1H3. The average molecular weight is 547 g/mol. The normalized spacial score (nSPS) is 17.1. The zero-order valence-corrected chi connectivity index (χ0v) is 22.2. The molecule has 1 saturated heterocycles. The van der Waals surface area contributed by atoms with E-state index in [0.717, 1.165) is 29.9 Å². The highest BCUT2D eigenvalue weighted by atomic mass is 35.5. The van der Waals surface area contributed by atoms with Gasteiger partial charge < -0.3 is 18.9 Å². The fourth-order valence-electron chi connectivity index (χ4n) is 4.72. The molecule has 5 rings (SSSR count). The molecule has 0 atom stereocenters. The molecule has 2 heterocycles. The highest BCUT2D eigenvalue weighted by molar-refractivity contribution is 6.39. The second-order valence-electron chi connectivity index (χ2n) is 9.64. The summed E-state index contributed by atoms with van der Waals surface area (Å²) in [5.41, 5.74) is 1.99. The van der Waals surface area contributed by atoms with Gasteiger partial charge in [-0.25, -0.2) is 9.18 Å². The van der Waals surface area contributed by atoms with Crippen molar-refractivity contribution < 1.29 is 23.2 Å². The van der Waals surface area contributed by atoms with Gasteiger partial charge >= 0.3 is 5.97 Å². The van der Waals surface area contributed by atoms with Gasteiger partial charge in [0.15, 0.2) is 0 Å². The minimum Gasteiger partial charge on any atom is -0.462 e. The second kappa shape index (κ2) is 11.0. The first-order valence-electron chi connectivity index (χ1n) is 12.6. The zero-order valence-electron chi connectivity index (χ0n) is 20.6. The summed E-state index contributed by atoms with van der Waals surface area (Å²) in [6.45, 7) is 3.38. The van der Waals surface area contributed by atoms with Crippen LogP contribution in [0.3, 0.4) is 0 Å². The van der Waals surface area contributed by atoms with Crippen LogP contribution in [0.25, 0.3) is 11.3 Å². The topological polar surface area (TPSA) is 64.8 Å². The number of piperidine rings is 1. The Bertz CT molecular complexity index is 1230. The van der Waals surface area contributed by atoms with Gasteiger partial charge in [-0.15, -0.1) is 0 Å². The van der Waals surface area contributed by atoms with E-state index < -0.39 is 5.67 Å². The minimum absolute atomic E-state index is 0.0202. The van der Waals surface area contributed by atoms with Gasteiger partial charge in [-0.1, -0.05) is 34.4 Å². The Morgan fingerprint density at radius 1 is 1.14 bits per heavy atom. The molecule has 0 N–H and O–H groups in total. The van der Waals surface area contributed by atoms with Gasteiger partial charge in [-0.3, -0.25) is 0 Å². The summed E-state index contributed by atoms with van der Waals surface area (Å²) in [5, 5.41) is 5.23. The molecule has 37 heavy (non-hydrogen) atoms. The van der Waals surface area contributed by atoms with Crippen LogP contribution in [-0.4, -0.2) is 43.1 Å². The fourth-order valence-corrected chi connectivity index (χ4v) is 5.29. The summed E-state index contributed by atoms with van der Waals surface area (Å²) >= 11 is 12.9. The first kappa shape index (κ1) is 26.0. The summed E-state index contributed by atoms with van der Waals surface area (Å²) in [4.78, 5) is 14.0. The van der Waals surface area contributed by atoms with Crippen molar-refractivity contribution in [2.24, 2.45) is 0 Å². The summed E-state index contributed by atoms with van der Waals surface area (Å²) in [6.07, 6.45) is 2.74. The fraction of sp³-hybridized carbons (Fsp3) is 0.429. The largest absolute Gasteiger partial charge is 0.462 e. The third-order valence-corrected chi connectivity index (χ3v) is 7.61. The Labute approximate surface area is 225 Å². The molecule has 2 aromatic carbocycles. The Morgan fingerprint density at radius 3 is 2.43 bits per heavy atom. The van der Waals surface area contributed by atoms with E-state index >= 15 is 4.39 Å². The van der Waals surface area contributed by atoms with Crippen molar-refractivity contribution in [1.82, 2.24) is 5.16 Å². The van der Waals surface area contributed by atoms with Crippen molar-refractivity contribution in [3.05, 3.63) is 69.4 Å². The Kier molecular flexibility index (Phi) is 7.75. The molecule has 2 fully saturated rings. The molecule has 196 valence electrons. The van der Waals surface area contributed by atoms with Crippen molar-refractivity contribution in [3.63, 3.8) is 0 Å². The van der Waals surface area contributed by atoms with Gasteiger partial charge in [0.2, 0.25) is 0 Å². The highest BCUT2D eigenvalue weighted by Crippen LogP contribution is 2.46. The van der Waals surface area contributed by atoms with Gasteiger partial charge in [-0.2, -0.15) is 0 Å². The van der Waals surface area contributed by atoms with Gasteiger partial charge in [-0.05, 0) is 56.2 Å². The number of rotatable bonds is 9. The van der Waals surface area contributed by atoms with Gasteiger partial charge in [0.25, 0.3) is 0 Å². The van der Waals surface area contributed by atoms with Gasteiger partial charge in [0.1, 0.15) is 17.1 Å². The molecule has 3 aromatic rings. The number of carbonyl (C=O) groups is 1. The maximum absolute atomic E-state index is 15.7. The van der Waals surface area contributed by atoms with Crippen LogP contribution >= 0.6 is 23.2 Å². The molecule has 9 heteroatoms. The number of halogens is 3. The van der Waals surface area contributed by atoms with Crippen LogP contribution < -0.4 is 4.90 Å². The van der Waals surface area contributed by atoms with Crippen LogP contribution in [0.4, 0.5) is 10.1 Å². The number of hydrogen-bond acceptors (Lipinski definition) is 6. The molecule has 1 aromatic heterocycles. The van der Waals surface area contributed by atoms with E-state index in [1.165, 1.54) is 0 Å². The van der Waals surface area contributed by atoms with Crippen LogP contribution in [0, 0.1) is 0 Å². The lowest BCUT2D eigenvalue weighted by molar-refractivity contribution is -0.00757. The van der Waals surface area contributed by atoms with Crippen molar-refractivity contribution in [3.8, 4) is 11.3 Å². The number of nitrogens with zero attached hydrogens (tertiary/aromatic N) is 2. The van der Waals surface area contributed by atoms with Crippen LogP contribution in [0.15, 0.2) is 47.0 Å². The van der Waals surface area contributed by atoms with Crippen LogP contribution in [-0.2, 0) is 16.1 Å². The first-order valence-corrected chi connectivity index (χ1v) is 13.4. The van der Waals surface area contributed by atoms with Crippen LogP contribution in [0.2, 0.25) is 10.0 Å². The molecule has 1 aliphatic heterocycles. The number of hydrogen-bond donors (Lipinski definition) is 0. The average Bonchev–Trinajstić information content (AvgIpc) is 3.65. The molecule has 0 unspecified atom stereocenters.